The van der Waals surface area contributed by atoms with Crippen molar-refractivity contribution in [3.8, 4) is 0 Å². The first kappa shape index (κ1) is 14.0. The summed E-state index contributed by atoms with van der Waals surface area (Å²) in [6.45, 7) is 0.858. The number of halogens is 1. The molecule has 0 aliphatic carbocycles. The third-order valence-corrected chi connectivity index (χ3v) is 3.43. The highest BCUT2D eigenvalue weighted by molar-refractivity contribution is 5.85. The fourth-order valence-corrected chi connectivity index (χ4v) is 2.40. The van der Waals surface area contributed by atoms with Crippen LogP contribution >= 0.6 is 12.4 Å². The van der Waals surface area contributed by atoms with Crippen LogP contribution in [-0.4, -0.2) is 35.6 Å². The van der Waals surface area contributed by atoms with E-state index in [0.29, 0.717) is 5.92 Å². The average molecular weight is 256 g/mol. The van der Waals surface area contributed by atoms with Gasteiger partial charge in [0, 0.05) is 0 Å². The quantitative estimate of drug-likeness (QED) is 0.882. The van der Waals surface area contributed by atoms with Gasteiger partial charge in [-0.3, -0.25) is 9.69 Å². The average Bonchev–Trinajstić information content (AvgIpc) is 2.30. The molecule has 2 unspecified atom stereocenters. The summed E-state index contributed by atoms with van der Waals surface area (Å²) in [6, 6.07) is 9.88. The fourth-order valence-electron chi connectivity index (χ4n) is 2.40. The van der Waals surface area contributed by atoms with Gasteiger partial charge in [0.1, 0.15) is 6.04 Å². The van der Waals surface area contributed by atoms with Gasteiger partial charge in [-0.15, -0.1) is 12.4 Å². The number of hydrogen-bond donors (Lipinski definition) is 1. The minimum atomic E-state index is -0.705. The van der Waals surface area contributed by atoms with Crippen LogP contribution in [0.1, 0.15) is 24.3 Å². The van der Waals surface area contributed by atoms with Crippen molar-refractivity contribution in [2.45, 2.75) is 24.8 Å². The first-order valence-corrected chi connectivity index (χ1v) is 5.66. The molecule has 17 heavy (non-hydrogen) atoms. The van der Waals surface area contributed by atoms with Crippen molar-refractivity contribution in [2.24, 2.45) is 0 Å². The molecule has 1 fully saturated rings. The standard InChI is InChI=1S/C13H17NO2.ClH/c1-14-8-7-11(9-12(14)13(15)16)10-5-3-2-4-6-10;/h2-6,11-12H,7-9H2,1H3,(H,15,16);1H. The van der Waals surface area contributed by atoms with Crippen LogP contribution in [0, 0.1) is 0 Å². The first-order chi connectivity index (χ1) is 7.68. The van der Waals surface area contributed by atoms with Crippen LogP contribution in [0.15, 0.2) is 30.3 Å². The molecular weight excluding hydrogens is 238 g/mol. The predicted octanol–water partition coefficient (Wildman–Crippen LogP) is 2.37. The molecule has 0 radical (unpaired) electrons. The van der Waals surface area contributed by atoms with Crippen LogP contribution in [-0.2, 0) is 4.79 Å². The molecule has 4 heteroatoms. The Morgan fingerprint density at radius 3 is 2.59 bits per heavy atom. The van der Waals surface area contributed by atoms with Crippen LogP contribution in [0.5, 0.6) is 0 Å². The number of carboxylic acid groups (broad SMARTS) is 1. The van der Waals surface area contributed by atoms with E-state index in [4.69, 9.17) is 5.11 Å². The number of likely N-dealkylation sites (tertiary alicyclic amines) is 1. The Bertz CT molecular complexity index is 369. The van der Waals surface area contributed by atoms with E-state index < -0.39 is 5.97 Å². The van der Waals surface area contributed by atoms with Gasteiger partial charge in [-0.2, -0.15) is 0 Å². The summed E-state index contributed by atoms with van der Waals surface area (Å²) in [4.78, 5) is 13.0. The number of carbonyl (C=O) groups is 1. The van der Waals surface area contributed by atoms with Gasteiger partial charge < -0.3 is 5.11 Å². The normalized spacial score (nSPS) is 25.0. The molecule has 1 saturated heterocycles. The Morgan fingerprint density at radius 1 is 1.35 bits per heavy atom. The number of piperidine rings is 1. The maximum atomic E-state index is 11.1. The van der Waals surface area contributed by atoms with E-state index in [0.717, 1.165) is 19.4 Å². The van der Waals surface area contributed by atoms with Gasteiger partial charge in [0.25, 0.3) is 0 Å². The fraction of sp³-hybridized carbons (Fsp3) is 0.462. The second-order valence-corrected chi connectivity index (χ2v) is 4.47. The highest BCUT2D eigenvalue weighted by atomic mass is 35.5. The summed E-state index contributed by atoms with van der Waals surface area (Å²) >= 11 is 0. The molecule has 0 spiro atoms. The highest BCUT2D eigenvalue weighted by Gasteiger charge is 2.31. The number of carboxylic acids is 1. The van der Waals surface area contributed by atoms with Crippen LogP contribution in [0.25, 0.3) is 0 Å². The monoisotopic (exact) mass is 255 g/mol. The second-order valence-electron chi connectivity index (χ2n) is 4.47. The second kappa shape index (κ2) is 6.03. The Balaban J connectivity index is 0.00000144. The molecule has 0 bridgehead atoms. The Morgan fingerprint density at radius 2 is 2.00 bits per heavy atom. The van der Waals surface area contributed by atoms with Crippen LogP contribution in [0.2, 0.25) is 0 Å². The van der Waals surface area contributed by atoms with Crippen molar-refractivity contribution >= 4 is 18.4 Å². The maximum absolute atomic E-state index is 11.1. The Kier molecular flexibility index (Phi) is 4.97. The Hall–Kier alpha value is -1.06. The van der Waals surface area contributed by atoms with E-state index >= 15 is 0 Å². The van der Waals surface area contributed by atoms with Gasteiger partial charge in [-0.25, -0.2) is 0 Å². The van der Waals surface area contributed by atoms with E-state index in [2.05, 4.69) is 12.1 Å². The topological polar surface area (TPSA) is 40.5 Å². The van der Waals surface area contributed by atoms with Crippen molar-refractivity contribution in [3.05, 3.63) is 35.9 Å². The number of aliphatic carboxylic acids is 1. The van der Waals surface area contributed by atoms with E-state index in [9.17, 15) is 4.79 Å². The molecule has 2 atom stereocenters. The summed E-state index contributed by atoms with van der Waals surface area (Å²) < 4.78 is 0. The molecule has 94 valence electrons. The number of nitrogens with zero attached hydrogens (tertiary/aromatic N) is 1. The molecule has 1 aliphatic heterocycles. The molecule has 1 aromatic rings. The van der Waals surface area contributed by atoms with E-state index in [1.165, 1.54) is 5.56 Å². The zero-order valence-corrected chi connectivity index (χ0v) is 10.7. The van der Waals surface area contributed by atoms with Crippen molar-refractivity contribution in [1.29, 1.82) is 0 Å². The van der Waals surface area contributed by atoms with Gasteiger partial charge in [-0.1, -0.05) is 30.3 Å². The minimum absolute atomic E-state index is 0. The van der Waals surface area contributed by atoms with Gasteiger partial charge in [0.05, 0.1) is 0 Å². The van der Waals surface area contributed by atoms with Gasteiger partial charge in [0.15, 0.2) is 0 Å². The van der Waals surface area contributed by atoms with Crippen LogP contribution in [0.3, 0.4) is 0 Å². The lowest BCUT2D eigenvalue weighted by Gasteiger charge is -2.34. The molecular formula is C13H18ClNO2. The smallest absolute Gasteiger partial charge is 0.320 e. The number of benzene rings is 1. The minimum Gasteiger partial charge on any atom is -0.480 e. The molecule has 2 rings (SSSR count). The number of likely N-dealkylation sites (N-methyl/N-ethyl adjacent to an activating group) is 1. The molecule has 1 N–H and O–H groups in total. The zero-order chi connectivity index (χ0) is 11.5. The third kappa shape index (κ3) is 3.20. The lowest BCUT2D eigenvalue weighted by molar-refractivity contribution is -0.144. The van der Waals surface area contributed by atoms with E-state index in [-0.39, 0.29) is 18.4 Å². The van der Waals surface area contributed by atoms with Crippen LogP contribution in [0.4, 0.5) is 0 Å². The highest BCUT2D eigenvalue weighted by Crippen LogP contribution is 2.30. The predicted molar refractivity (Wildman–Crippen MR) is 69.7 cm³/mol. The largest absolute Gasteiger partial charge is 0.480 e. The summed E-state index contributed by atoms with van der Waals surface area (Å²) in [5.41, 5.74) is 1.27. The van der Waals surface area contributed by atoms with Gasteiger partial charge in [0.2, 0.25) is 0 Å². The van der Waals surface area contributed by atoms with Crippen LogP contribution < -0.4 is 0 Å². The maximum Gasteiger partial charge on any atom is 0.320 e. The first-order valence-electron chi connectivity index (χ1n) is 5.66. The number of rotatable bonds is 2. The zero-order valence-electron chi connectivity index (χ0n) is 9.87. The molecule has 0 amide bonds. The SMILES string of the molecule is CN1CCC(c2ccccc2)CC1C(=O)O.Cl. The lowest BCUT2D eigenvalue weighted by atomic mass is 9.85. The summed E-state index contributed by atoms with van der Waals surface area (Å²) in [5, 5.41) is 9.13. The summed E-state index contributed by atoms with van der Waals surface area (Å²) in [6.07, 6.45) is 1.76. The van der Waals surface area contributed by atoms with E-state index in [1.807, 2.05) is 30.1 Å². The van der Waals surface area contributed by atoms with Crippen molar-refractivity contribution in [2.75, 3.05) is 13.6 Å². The number of hydrogen-bond acceptors (Lipinski definition) is 2. The lowest BCUT2D eigenvalue weighted by Crippen LogP contribution is -2.44. The molecule has 1 aromatic carbocycles. The van der Waals surface area contributed by atoms with Gasteiger partial charge in [-0.05, 0) is 37.9 Å². The molecule has 1 heterocycles. The summed E-state index contributed by atoms with van der Waals surface area (Å²) in [5.74, 6) is -0.318. The molecule has 0 aromatic heterocycles. The van der Waals surface area contributed by atoms with E-state index in [1.54, 1.807) is 0 Å². The van der Waals surface area contributed by atoms with Crippen molar-refractivity contribution in [3.63, 3.8) is 0 Å². The van der Waals surface area contributed by atoms with Crippen molar-refractivity contribution < 1.29 is 9.90 Å². The third-order valence-electron chi connectivity index (χ3n) is 3.43. The summed E-state index contributed by atoms with van der Waals surface area (Å²) in [7, 11) is 1.89. The Labute approximate surface area is 108 Å². The molecule has 3 nitrogen and oxygen atoms in total. The molecule has 0 saturated carbocycles. The van der Waals surface area contributed by atoms with Crippen molar-refractivity contribution in [1.82, 2.24) is 4.90 Å². The van der Waals surface area contributed by atoms with Gasteiger partial charge >= 0.3 is 5.97 Å². The molecule has 1 aliphatic rings.